The fourth-order valence-electron chi connectivity index (χ4n) is 2.73. The van der Waals surface area contributed by atoms with Gasteiger partial charge >= 0.3 is 0 Å². The molecule has 0 bridgehead atoms. The first kappa shape index (κ1) is 12.5. The average molecular weight is 272 g/mol. The molecule has 3 rings (SSSR count). The summed E-state index contributed by atoms with van der Waals surface area (Å²) in [7, 11) is -1.09. The van der Waals surface area contributed by atoms with Crippen LogP contribution < -0.4 is 0 Å². The van der Waals surface area contributed by atoms with Gasteiger partial charge in [0.25, 0.3) is 0 Å². The van der Waals surface area contributed by atoms with Gasteiger partial charge in [0.1, 0.15) is 5.78 Å². The maximum atomic E-state index is 12.6. The molecule has 2 aromatic carbocycles. The number of fused-ring (bicyclic) bond motifs is 1. The molecule has 2 nitrogen and oxygen atoms in total. The molecule has 1 saturated carbocycles. The highest BCUT2D eigenvalue weighted by atomic mass is 32.2. The molecule has 0 amide bonds. The van der Waals surface area contributed by atoms with Gasteiger partial charge in [-0.15, -0.1) is 0 Å². The number of benzene rings is 2. The maximum Gasteiger partial charge on any atom is 0.136 e. The van der Waals surface area contributed by atoms with Gasteiger partial charge in [-0.3, -0.25) is 9.00 Å². The van der Waals surface area contributed by atoms with E-state index in [4.69, 9.17) is 0 Å². The van der Waals surface area contributed by atoms with Crippen LogP contribution in [0.5, 0.6) is 0 Å². The quantitative estimate of drug-likeness (QED) is 0.840. The molecule has 0 radical (unpaired) electrons. The molecule has 3 atom stereocenters. The Morgan fingerprint density at radius 2 is 1.84 bits per heavy atom. The van der Waals surface area contributed by atoms with Gasteiger partial charge in [0.2, 0.25) is 0 Å². The molecular formula is C16H16O2S. The van der Waals surface area contributed by atoms with Gasteiger partial charge in [-0.25, -0.2) is 0 Å². The standard InChI is InChI=1S/C16H16O2S/c1-11-15(17)8-9-16(11)19(18)14-7-6-12-4-2-3-5-13(12)10-14/h2-7,10-11,16H,8-9H2,1H3. The molecule has 1 fully saturated rings. The number of ketones is 1. The van der Waals surface area contributed by atoms with E-state index in [2.05, 4.69) is 0 Å². The third kappa shape index (κ3) is 2.23. The lowest BCUT2D eigenvalue weighted by Crippen LogP contribution is -2.21. The van der Waals surface area contributed by atoms with Gasteiger partial charge in [-0.1, -0.05) is 37.3 Å². The molecule has 0 heterocycles. The monoisotopic (exact) mass is 272 g/mol. The second kappa shape index (κ2) is 4.89. The minimum Gasteiger partial charge on any atom is -0.299 e. The summed E-state index contributed by atoms with van der Waals surface area (Å²) in [6.07, 6.45) is 1.32. The van der Waals surface area contributed by atoms with E-state index < -0.39 is 10.8 Å². The Morgan fingerprint density at radius 3 is 2.53 bits per heavy atom. The second-order valence-corrected chi connectivity index (χ2v) is 6.81. The third-order valence-electron chi connectivity index (χ3n) is 3.97. The molecule has 0 spiro atoms. The largest absolute Gasteiger partial charge is 0.299 e. The maximum absolute atomic E-state index is 12.6. The molecule has 1 aliphatic rings. The Hall–Kier alpha value is -1.48. The van der Waals surface area contributed by atoms with Crippen LogP contribution in [0.1, 0.15) is 19.8 Å². The van der Waals surface area contributed by atoms with Crippen LogP contribution in [0.4, 0.5) is 0 Å². The summed E-state index contributed by atoms with van der Waals surface area (Å²) in [5.41, 5.74) is 0. The van der Waals surface area contributed by atoms with Crippen molar-refractivity contribution in [3.8, 4) is 0 Å². The molecule has 0 N–H and O–H groups in total. The summed E-state index contributed by atoms with van der Waals surface area (Å²) in [6.45, 7) is 1.90. The third-order valence-corrected chi connectivity index (χ3v) is 5.88. The summed E-state index contributed by atoms with van der Waals surface area (Å²) in [5.74, 6) is 0.173. The summed E-state index contributed by atoms with van der Waals surface area (Å²) in [6, 6.07) is 14.0. The fraction of sp³-hybridized carbons (Fsp3) is 0.312. The first-order valence-corrected chi connectivity index (χ1v) is 7.80. The lowest BCUT2D eigenvalue weighted by molar-refractivity contribution is -0.120. The van der Waals surface area contributed by atoms with Crippen molar-refractivity contribution in [3.63, 3.8) is 0 Å². The molecule has 98 valence electrons. The molecule has 1 aliphatic carbocycles. The van der Waals surface area contributed by atoms with Crippen molar-refractivity contribution in [1.82, 2.24) is 0 Å². The number of carbonyl (C=O) groups is 1. The predicted molar refractivity (Wildman–Crippen MR) is 77.5 cm³/mol. The average Bonchev–Trinajstić information content (AvgIpc) is 2.78. The topological polar surface area (TPSA) is 34.1 Å². The Morgan fingerprint density at radius 1 is 1.11 bits per heavy atom. The van der Waals surface area contributed by atoms with E-state index in [1.165, 1.54) is 0 Å². The Bertz CT molecular complexity index is 663. The van der Waals surface area contributed by atoms with Gasteiger partial charge in [0, 0.05) is 22.5 Å². The number of rotatable bonds is 2. The lowest BCUT2D eigenvalue weighted by atomic mass is 10.1. The molecule has 3 heteroatoms. The van der Waals surface area contributed by atoms with Crippen molar-refractivity contribution in [2.45, 2.75) is 29.9 Å². The van der Waals surface area contributed by atoms with Gasteiger partial charge in [-0.05, 0) is 29.3 Å². The normalized spacial score (nSPS) is 24.8. The van der Waals surface area contributed by atoms with Crippen molar-refractivity contribution in [1.29, 1.82) is 0 Å². The van der Waals surface area contributed by atoms with Crippen LogP contribution in [0.2, 0.25) is 0 Å². The highest BCUT2D eigenvalue weighted by Crippen LogP contribution is 2.30. The molecule has 19 heavy (non-hydrogen) atoms. The summed E-state index contributed by atoms with van der Waals surface area (Å²) >= 11 is 0. The zero-order valence-corrected chi connectivity index (χ0v) is 11.7. The summed E-state index contributed by atoms with van der Waals surface area (Å²) in [4.78, 5) is 12.4. The summed E-state index contributed by atoms with van der Waals surface area (Å²) in [5, 5.41) is 2.23. The fourth-order valence-corrected chi connectivity index (χ4v) is 4.38. The van der Waals surface area contributed by atoms with Crippen molar-refractivity contribution in [2.24, 2.45) is 5.92 Å². The molecule has 0 aromatic heterocycles. The van der Waals surface area contributed by atoms with Crippen LogP contribution in [0.3, 0.4) is 0 Å². The van der Waals surface area contributed by atoms with Crippen molar-refractivity contribution < 1.29 is 9.00 Å². The van der Waals surface area contributed by atoms with E-state index in [9.17, 15) is 9.00 Å². The van der Waals surface area contributed by atoms with E-state index >= 15 is 0 Å². The predicted octanol–water partition coefficient (Wildman–Crippen LogP) is 3.32. The molecular weight excluding hydrogens is 256 g/mol. The number of carbonyl (C=O) groups excluding carboxylic acids is 1. The van der Waals surface area contributed by atoms with Crippen LogP contribution in [0.25, 0.3) is 10.8 Å². The molecule has 2 aromatic rings. The van der Waals surface area contributed by atoms with E-state index in [0.29, 0.717) is 6.42 Å². The Kier molecular flexibility index (Phi) is 3.23. The minimum absolute atomic E-state index is 0.0198. The van der Waals surface area contributed by atoms with Crippen molar-refractivity contribution >= 4 is 27.4 Å². The van der Waals surface area contributed by atoms with E-state index in [-0.39, 0.29) is 17.0 Å². The first-order chi connectivity index (χ1) is 9.16. The van der Waals surface area contributed by atoms with Gasteiger partial charge in [0.15, 0.2) is 0 Å². The van der Waals surface area contributed by atoms with Gasteiger partial charge < -0.3 is 0 Å². The van der Waals surface area contributed by atoms with Crippen molar-refractivity contribution in [3.05, 3.63) is 42.5 Å². The smallest absolute Gasteiger partial charge is 0.136 e. The van der Waals surface area contributed by atoms with E-state index in [1.54, 1.807) is 0 Å². The minimum atomic E-state index is -1.09. The van der Waals surface area contributed by atoms with Crippen LogP contribution >= 0.6 is 0 Å². The lowest BCUT2D eigenvalue weighted by Gasteiger charge is -2.14. The second-order valence-electron chi connectivity index (χ2n) is 5.14. The van der Waals surface area contributed by atoms with E-state index in [0.717, 1.165) is 22.1 Å². The number of hydrogen-bond donors (Lipinski definition) is 0. The molecule has 3 unspecified atom stereocenters. The molecule has 0 aliphatic heterocycles. The number of Topliss-reactive ketones (excluding diaryl/α,β-unsaturated/α-hetero) is 1. The van der Waals surface area contributed by atoms with Crippen LogP contribution in [-0.4, -0.2) is 15.2 Å². The zero-order chi connectivity index (χ0) is 13.4. The highest BCUT2D eigenvalue weighted by Gasteiger charge is 2.35. The van der Waals surface area contributed by atoms with Crippen LogP contribution in [-0.2, 0) is 15.6 Å². The Labute approximate surface area is 115 Å². The van der Waals surface area contributed by atoms with Crippen molar-refractivity contribution in [2.75, 3.05) is 0 Å². The van der Waals surface area contributed by atoms with Crippen LogP contribution in [0, 0.1) is 5.92 Å². The first-order valence-electron chi connectivity index (χ1n) is 6.59. The van der Waals surface area contributed by atoms with Gasteiger partial charge in [0.05, 0.1) is 10.8 Å². The zero-order valence-electron chi connectivity index (χ0n) is 10.8. The highest BCUT2D eigenvalue weighted by molar-refractivity contribution is 7.85. The van der Waals surface area contributed by atoms with Gasteiger partial charge in [-0.2, -0.15) is 0 Å². The van der Waals surface area contributed by atoms with E-state index in [1.807, 2.05) is 49.4 Å². The SMILES string of the molecule is CC1C(=O)CCC1S(=O)c1ccc2ccccc2c1. The van der Waals surface area contributed by atoms with Crippen LogP contribution in [0.15, 0.2) is 47.4 Å². The molecule has 0 saturated heterocycles. The summed E-state index contributed by atoms with van der Waals surface area (Å²) < 4.78 is 12.6. The Balaban J connectivity index is 1.96. The number of hydrogen-bond acceptors (Lipinski definition) is 2.